The van der Waals surface area contributed by atoms with Crippen molar-refractivity contribution >= 4 is 18.0 Å². The van der Waals surface area contributed by atoms with Crippen molar-refractivity contribution < 1.29 is 19.1 Å². The average Bonchev–Trinajstić information content (AvgIpc) is 3.09. The molecule has 0 unspecified atom stereocenters. The minimum Gasteiger partial charge on any atom is -0.454 e. The Morgan fingerprint density at radius 1 is 1.12 bits per heavy atom. The Kier molecular flexibility index (Phi) is 4.94. The molecule has 2 N–H and O–H groups in total. The van der Waals surface area contributed by atoms with Crippen LogP contribution in [-0.2, 0) is 4.79 Å². The van der Waals surface area contributed by atoms with Crippen LogP contribution in [0.15, 0.2) is 47.6 Å². The Bertz CT molecular complexity index is 816. The number of amides is 2. The maximum absolute atomic E-state index is 12.1. The van der Waals surface area contributed by atoms with Crippen LogP contribution in [0.1, 0.15) is 21.5 Å². The topological polar surface area (TPSA) is 89.0 Å². The summed E-state index contributed by atoms with van der Waals surface area (Å²) < 4.78 is 10.4. The van der Waals surface area contributed by atoms with Gasteiger partial charge in [0, 0.05) is 5.56 Å². The van der Waals surface area contributed by atoms with Crippen LogP contribution < -0.4 is 20.2 Å². The summed E-state index contributed by atoms with van der Waals surface area (Å²) in [5, 5.41) is 6.38. The molecule has 7 heteroatoms. The number of benzene rings is 2. The van der Waals surface area contributed by atoms with Crippen LogP contribution in [0.3, 0.4) is 0 Å². The van der Waals surface area contributed by atoms with E-state index < -0.39 is 5.91 Å². The first-order valence-electron chi connectivity index (χ1n) is 7.68. The van der Waals surface area contributed by atoms with E-state index in [0.29, 0.717) is 17.1 Å². The van der Waals surface area contributed by atoms with E-state index in [2.05, 4.69) is 15.8 Å². The van der Waals surface area contributed by atoms with Crippen LogP contribution in [0.5, 0.6) is 11.5 Å². The number of nitrogens with zero attached hydrogens (tertiary/aromatic N) is 1. The monoisotopic (exact) mass is 339 g/mol. The highest BCUT2D eigenvalue weighted by Gasteiger charge is 2.16. The largest absolute Gasteiger partial charge is 0.454 e. The van der Waals surface area contributed by atoms with Gasteiger partial charge in [0.15, 0.2) is 11.5 Å². The molecule has 2 aromatic rings. The molecule has 0 fully saturated rings. The zero-order chi connectivity index (χ0) is 17.6. The second-order valence-corrected chi connectivity index (χ2v) is 5.45. The van der Waals surface area contributed by atoms with Gasteiger partial charge in [0.1, 0.15) is 0 Å². The highest BCUT2D eigenvalue weighted by Crippen LogP contribution is 2.32. The van der Waals surface area contributed by atoms with E-state index >= 15 is 0 Å². The minimum absolute atomic E-state index is 0.141. The van der Waals surface area contributed by atoms with Crippen LogP contribution in [0.2, 0.25) is 0 Å². The summed E-state index contributed by atoms with van der Waals surface area (Å²) >= 11 is 0. The third-order valence-corrected chi connectivity index (χ3v) is 3.52. The molecule has 0 radical (unpaired) electrons. The maximum atomic E-state index is 12.1. The van der Waals surface area contributed by atoms with Gasteiger partial charge in [0.05, 0.1) is 12.8 Å². The van der Waals surface area contributed by atoms with Gasteiger partial charge in [-0.05, 0) is 30.7 Å². The van der Waals surface area contributed by atoms with Crippen LogP contribution in [0.4, 0.5) is 0 Å². The number of carbonyl (C=O) groups is 2. The van der Waals surface area contributed by atoms with Crippen molar-refractivity contribution in [1.82, 2.24) is 10.7 Å². The lowest BCUT2D eigenvalue weighted by atomic mass is 10.2. The Morgan fingerprint density at radius 2 is 1.88 bits per heavy atom. The number of hydrogen-bond donors (Lipinski definition) is 2. The molecular weight excluding hydrogens is 322 g/mol. The number of hydrogen-bond acceptors (Lipinski definition) is 5. The third-order valence-electron chi connectivity index (χ3n) is 3.52. The molecule has 0 bridgehead atoms. The van der Waals surface area contributed by atoms with Gasteiger partial charge in [0.2, 0.25) is 6.79 Å². The minimum atomic E-state index is -0.419. The third kappa shape index (κ3) is 4.35. The summed E-state index contributed by atoms with van der Waals surface area (Å²) in [5.41, 5.74) is 4.77. The fourth-order valence-electron chi connectivity index (χ4n) is 2.17. The molecule has 0 atom stereocenters. The van der Waals surface area contributed by atoms with Crippen LogP contribution in [-0.4, -0.2) is 31.4 Å². The number of ether oxygens (including phenoxy) is 2. The first kappa shape index (κ1) is 16.5. The molecule has 0 aromatic heterocycles. The molecule has 128 valence electrons. The molecule has 1 heterocycles. The van der Waals surface area contributed by atoms with Crippen molar-refractivity contribution in [2.45, 2.75) is 6.92 Å². The van der Waals surface area contributed by atoms with E-state index in [4.69, 9.17) is 9.47 Å². The lowest BCUT2D eigenvalue weighted by molar-refractivity contribution is -0.120. The second kappa shape index (κ2) is 7.48. The molecular formula is C18H17N3O4. The van der Waals surface area contributed by atoms with Crippen molar-refractivity contribution in [2.24, 2.45) is 5.10 Å². The molecule has 1 aliphatic rings. The van der Waals surface area contributed by atoms with Crippen LogP contribution >= 0.6 is 0 Å². The zero-order valence-electron chi connectivity index (χ0n) is 13.6. The van der Waals surface area contributed by atoms with Crippen LogP contribution in [0, 0.1) is 6.92 Å². The second-order valence-electron chi connectivity index (χ2n) is 5.45. The molecule has 2 amide bonds. The predicted octanol–water partition coefficient (Wildman–Crippen LogP) is 1.60. The quantitative estimate of drug-likeness (QED) is 0.640. The summed E-state index contributed by atoms with van der Waals surface area (Å²) in [6, 6.07) is 12.5. The predicted molar refractivity (Wildman–Crippen MR) is 91.8 cm³/mol. The smallest absolute Gasteiger partial charge is 0.259 e. The Labute approximate surface area is 144 Å². The van der Waals surface area contributed by atoms with E-state index in [1.807, 2.05) is 31.2 Å². The van der Waals surface area contributed by atoms with Crippen molar-refractivity contribution in [2.75, 3.05) is 13.3 Å². The van der Waals surface area contributed by atoms with E-state index in [1.165, 1.54) is 6.21 Å². The van der Waals surface area contributed by atoms with Crippen molar-refractivity contribution in [3.8, 4) is 11.5 Å². The number of aryl methyl sites for hydroxylation is 1. The molecule has 0 spiro atoms. The highest BCUT2D eigenvalue weighted by atomic mass is 16.7. The van der Waals surface area contributed by atoms with Gasteiger partial charge >= 0.3 is 0 Å². The van der Waals surface area contributed by atoms with Crippen molar-refractivity contribution in [3.63, 3.8) is 0 Å². The maximum Gasteiger partial charge on any atom is 0.259 e. The van der Waals surface area contributed by atoms with Gasteiger partial charge in [-0.25, -0.2) is 5.43 Å². The standard InChI is InChI=1S/C18H17N3O4/c1-12-2-4-13(5-3-12)9-20-21-17(22)10-19-18(23)14-6-7-15-16(8-14)25-11-24-15/h2-9H,10-11H2,1H3,(H,19,23)(H,21,22)/b20-9+. The van der Waals surface area contributed by atoms with Crippen molar-refractivity contribution in [3.05, 3.63) is 59.2 Å². The normalized spacial score (nSPS) is 12.2. The van der Waals surface area contributed by atoms with E-state index in [-0.39, 0.29) is 19.2 Å². The fraction of sp³-hybridized carbons (Fsp3) is 0.167. The zero-order valence-corrected chi connectivity index (χ0v) is 13.6. The number of nitrogens with one attached hydrogen (secondary N) is 2. The number of fused-ring (bicyclic) bond motifs is 1. The van der Waals surface area contributed by atoms with Gasteiger partial charge in [-0.2, -0.15) is 5.10 Å². The Balaban J connectivity index is 1.47. The number of carbonyl (C=O) groups excluding carboxylic acids is 2. The molecule has 3 rings (SSSR count). The van der Waals surface area contributed by atoms with E-state index in [0.717, 1.165) is 11.1 Å². The Hall–Kier alpha value is -3.35. The van der Waals surface area contributed by atoms with Crippen molar-refractivity contribution in [1.29, 1.82) is 0 Å². The molecule has 7 nitrogen and oxygen atoms in total. The van der Waals surface area contributed by atoms with Gasteiger partial charge in [-0.1, -0.05) is 29.8 Å². The summed E-state index contributed by atoms with van der Waals surface area (Å²) in [4.78, 5) is 23.8. The summed E-state index contributed by atoms with van der Waals surface area (Å²) in [6.45, 7) is 1.95. The Morgan fingerprint density at radius 3 is 2.68 bits per heavy atom. The molecule has 2 aromatic carbocycles. The first-order chi connectivity index (χ1) is 12.1. The summed E-state index contributed by atoms with van der Waals surface area (Å²) in [6.07, 6.45) is 1.54. The summed E-state index contributed by atoms with van der Waals surface area (Å²) in [7, 11) is 0. The molecule has 25 heavy (non-hydrogen) atoms. The van der Waals surface area contributed by atoms with E-state index in [9.17, 15) is 9.59 Å². The SMILES string of the molecule is Cc1ccc(/C=N/NC(=O)CNC(=O)c2ccc3c(c2)OCO3)cc1. The summed E-state index contributed by atoms with van der Waals surface area (Å²) in [5.74, 6) is 0.313. The molecule has 0 saturated heterocycles. The molecule has 1 aliphatic heterocycles. The lowest BCUT2D eigenvalue weighted by Crippen LogP contribution is -2.34. The highest BCUT2D eigenvalue weighted by molar-refractivity contribution is 5.97. The first-order valence-corrected chi connectivity index (χ1v) is 7.68. The lowest BCUT2D eigenvalue weighted by Gasteiger charge is -2.05. The van der Waals surface area contributed by atoms with Gasteiger partial charge in [-0.15, -0.1) is 0 Å². The van der Waals surface area contributed by atoms with E-state index in [1.54, 1.807) is 18.2 Å². The number of rotatable bonds is 5. The van der Waals surface area contributed by atoms with Crippen LogP contribution in [0.25, 0.3) is 0 Å². The molecule has 0 saturated carbocycles. The average molecular weight is 339 g/mol. The fourth-order valence-corrected chi connectivity index (χ4v) is 2.17. The van der Waals surface area contributed by atoms with Gasteiger partial charge < -0.3 is 14.8 Å². The number of hydrazone groups is 1. The molecule has 0 aliphatic carbocycles. The van der Waals surface area contributed by atoms with Gasteiger partial charge in [0.25, 0.3) is 11.8 Å². The van der Waals surface area contributed by atoms with Gasteiger partial charge in [-0.3, -0.25) is 9.59 Å².